The summed E-state index contributed by atoms with van der Waals surface area (Å²) in [5, 5.41) is 10.9. The molecule has 0 aromatic heterocycles. The van der Waals surface area contributed by atoms with E-state index in [1.165, 1.54) is 42.6 Å². The average Bonchev–Trinajstić information content (AvgIpc) is 2.82. The lowest BCUT2D eigenvalue weighted by Gasteiger charge is -2.29. The van der Waals surface area contributed by atoms with Gasteiger partial charge in [-0.15, -0.1) is 11.8 Å². The third-order valence-corrected chi connectivity index (χ3v) is 5.59. The van der Waals surface area contributed by atoms with Crippen LogP contribution in [0.3, 0.4) is 0 Å². The van der Waals surface area contributed by atoms with Crippen LogP contribution in [-0.2, 0) is 6.42 Å². The molecule has 2 aliphatic rings. The lowest BCUT2D eigenvalue weighted by molar-refractivity contribution is 0.0833. The van der Waals surface area contributed by atoms with E-state index in [2.05, 4.69) is 24.3 Å². The minimum Gasteiger partial charge on any atom is -0.392 e. The molecular weight excluding hydrogens is 228 g/mol. The van der Waals surface area contributed by atoms with Gasteiger partial charge in [0.2, 0.25) is 0 Å². The Hall–Kier alpha value is -0.470. The Morgan fingerprint density at radius 3 is 2.65 bits per heavy atom. The van der Waals surface area contributed by atoms with Crippen LogP contribution in [-0.4, -0.2) is 16.5 Å². The second-order valence-corrected chi connectivity index (χ2v) is 6.64. The van der Waals surface area contributed by atoms with Crippen LogP contribution in [0.4, 0.5) is 0 Å². The summed E-state index contributed by atoms with van der Waals surface area (Å²) in [7, 11) is 0. The third kappa shape index (κ3) is 2.38. The molecule has 1 fully saturated rings. The highest BCUT2D eigenvalue weighted by Gasteiger charge is 2.33. The fourth-order valence-electron chi connectivity index (χ4n) is 3.18. The van der Waals surface area contributed by atoms with Crippen LogP contribution in [0.15, 0.2) is 29.2 Å². The fourth-order valence-corrected chi connectivity index (χ4v) is 4.59. The first kappa shape index (κ1) is 11.6. The molecule has 1 nitrogen and oxygen atoms in total. The van der Waals surface area contributed by atoms with Crippen LogP contribution in [0, 0.1) is 5.92 Å². The summed E-state index contributed by atoms with van der Waals surface area (Å²) in [6, 6.07) is 8.60. The van der Waals surface area contributed by atoms with Crippen molar-refractivity contribution in [1.82, 2.24) is 0 Å². The van der Waals surface area contributed by atoms with Crippen LogP contribution in [0.1, 0.15) is 37.7 Å². The highest BCUT2D eigenvalue weighted by Crippen LogP contribution is 2.41. The number of aliphatic hydroxyl groups is 1. The normalized spacial score (nSPS) is 26.8. The molecule has 0 spiro atoms. The maximum Gasteiger partial charge on any atom is 0.0693 e. The van der Waals surface area contributed by atoms with E-state index < -0.39 is 0 Å². The van der Waals surface area contributed by atoms with Crippen molar-refractivity contribution in [2.45, 2.75) is 54.8 Å². The van der Waals surface area contributed by atoms with Gasteiger partial charge in [0.15, 0.2) is 0 Å². The number of benzene rings is 1. The van der Waals surface area contributed by atoms with Crippen molar-refractivity contribution in [1.29, 1.82) is 0 Å². The summed E-state index contributed by atoms with van der Waals surface area (Å²) in [6.07, 6.45) is 7.40. The zero-order valence-corrected chi connectivity index (χ0v) is 11.0. The van der Waals surface area contributed by atoms with Crippen molar-refractivity contribution in [3.63, 3.8) is 0 Å². The molecule has 3 rings (SSSR count). The van der Waals surface area contributed by atoms with E-state index in [4.69, 9.17) is 0 Å². The van der Waals surface area contributed by atoms with Crippen molar-refractivity contribution in [3.05, 3.63) is 29.8 Å². The molecule has 2 atom stereocenters. The Labute approximate surface area is 108 Å². The molecule has 92 valence electrons. The van der Waals surface area contributed by atoms with Gasteiger partial charge in [0.25, 0.3) is 0 Å². The van der Waals surface area contributed by atoms with Gasteiger partial charge in [-0.25, -0.2) is 0 Å². The van der Waals surface area contributed by atoms with Gasteiger partial charge in [0.05, 0.1) is 6.10 Å². The second-order valence-electron chi connectivity index (χ2n) is 5.36. The van der Waals surface area contributed by atoms with E-state index in [1.807, 2.05) is 11.8 Å². The van der Waals surface area contributed by atoms with Gasteiger partial charge in [-0.1, -0.05) is 37.5 Å². The number of thioether (sulfide) groups is 1. The summed E-state index contributed by atoms with van der Waals surface area (Å²) in [5.74, 6) is 0.551. The van der Waals surface area contributed by atoms with Gasteiger partial charge in [0.1, 0.15) is 0 Å². The number of aliphatic hydroxyl groups excluding tert-OH is 1. The van der Waals surface area contributed by atoms with E-state index in [1.54, 1.807) is 0 Å². The van der Waals surface area contributed by atoms with Gasteiger partial charge in [-0.2, -0.15) is 0 Å². The van der Waals surface area contributed by atoms with Gasteiger partial charge in [-0.3, -0.25) is 0 Å². The summed E-state index contributed by atoms with van der Waals surface area (Å²) < 4.78 is 0. The molecule has 1 aromatic carbocycles. The minimum absolute atomic E-state index is 0.104. The van der Waals surface area contributed by atoms with Crippen LogP contribution in [0.2, 0.25) is 0 Å². The van der Waals surface area contributed by atoms with Gasteiger partial charge >= 0.3 is 0 Å². The van der Waals surface area contributed by atoms with E-state index in [0.717, 1.165) is 6.42 Å². The third-order valence-electron chi connectivity index (χ3n) is 4.19. The van der Waals surface area contributed by atoms with Gasteiger partial charge in [-0.05, 0) is 36.8 Å². The molecule has 1 heterocycles. The van der Waals surface area contributed by atoms with Crippen LogP contribution >= 0.6 is 11.8 Å². The molecule has 0 saturated heterocycles. The Bertz CT molecular complexity index is 359. The Morgan fingerprint density at radius 2 is 1.88 bits per heavy atom. The largest absolute Gasteiger partial charge is 0.392 e. The zero-order valence-electron chi connectivity index (χ0n) is 10.1. The summed E-state index contributed by atoms with van der Waals surface area (Å²) in [4.78, 5) is 1.38. The van der Waals surface area contributed by atoms with Crippen molar-refractivity contribution in [2.24, 2.45) is 5.92 Å². The highest BCUT2D eigenvalue weighted by molar-refractivity contribution is 8.00. The van der Waals surface area contributed by atoms with Crippen molar-refractivity contribution in [2.75, 3.05) is 0 Å². The molecule has 1 aliphatic heterocycles. The first-order valence-electron chi connectivity index (χ1n) is 6.77. The number of fused-ring (bicyclic) bond motifs is 1. The molecule has 1 aromatic rings. The molecule has 2 unspecified atom stereocenters. The number of hydrogen-bond acceptors (Lipinski definition) is 2. The minimum atomic E-state index is -0.104. The predicted molar refractivity (Wildman–Crippen MR) is 72.4 cm³/mol. The maximum atomic E-state index is 10.5. The van der Waals surface area contributed by atoms with Gasteiger partial charge in [0, 0.05) is 10.1 Å². The smallest absolute Gasteiger partial charge is 0.0693 e. The van der Waals surface area contributed by atoms with E-state index in [-0.39, 0.29) is 6.10 Å². The topological polar surface area (TPSA) is 20.2 Å². The van der Waals surface area contributed by atoms with E-state index in [0.29, 0.717) is 11.2 Å². The molecule has 17 heavy (non-hydrogen) atoms. The molecule has 2 heteroatoms. The summed E-state index contributed by atoms with van der Waals surface area (Å²) >= 11 is 1.89. The van der Waals surface area contributed by atoms with E-state index >= 15 is 0 Å². The summed E-state index contributed by atoms with van der Waals surface area (Å²) in [5.41, 5.74) is 1.43. The lowest BCUT2D eigenvalue weighted by Crippen LogP contribution is -2.32. The molecule has 0 radical (unpaired) electrons. The first-order valence-corrected chi connectivity index (χ1v) is 7.65. The molecular formula is C15H20OS. The standard InChI is InChI=1S/C15H20OS/c16-15(11-6-2-1-3-7-11)14-10-12-8-4-5-9-13(12)17-14/h4-5,8-9,11,14-16H,1-3,6-7,10H2. The molecule has 1 saturated carbocycles. The Morgan fingerprint density at radius 1 is 1.12 bits per heavy atom. The van der Waals surface area contributed by atoms with E-state index in [9.17, 15) is 5.11 Å². The predicted octanol–water partition coefficient (Wildman–Crippen LogP) is 3.64. The zero-order chi connectivity index (χ0) is 11.7. The highest BCUT2D eigenvalue weighted by atomic mass is 32.2. The average molecular weight is 248 g/mol. The molecule has 0 amide bonds. The number of hydrogen-bond donors (Lipinski definition) is 1. The maximum absolute atomic E-state index is 10.5. The summed E-state index contributed by atoms with van der Waals surface area (Å²) in [6.45, 7) is 0. The fraction of sp³-hybridized carbons (Fsp3) is 0.600. The van der Waals surface area contributed by atoms with Crippen LogP contribution < -0.4 is 0 Å². The van der Waals surface area contributed by atoms with Crippen LogP contribution in [0.5, 0.6) is 0 Å². The first-order chi connectivity index (χ1) is 8.34. The quantitative estimate of drug-likeness (QED) is 0.862. The second kappa shape index (κ2) is 5.03. The Balaban J connectivity index is 1.67. The molecule has 1 N–H and O–H groups in total. The van der Waals surface area contributed by atoms with Gasteiger partial charge < -0.3 is 5.11 Å². The number of rotatable bonds is 2. The van der Waals surface area contributed by atoms with Crippen molar-refractivity contribution >= 4 is 11.8 Å². The lowest BCUT2D eigenvalue weighted by atomic mass is 9.83. The monoisotopic (exact) mass is 248 g/mol. The SMILES string of the molecule is OC(C1CCCCC1)C1Cc2ccccc2S1. The van der Waals surface area contributed by atoms with Crippen molar-refractivity contribution < 1.29 is 5.11 Å². The Kier molecular flexibility index (Phi) is 3.44. The molecule has 1 aliphatic carbocycles. The van der Waals surface area contributed by atoms with Crippen molar-refractivity contribution in [3.8, 4) is 0 Å². The molecule has 0 bridgehead atoms. The van der Waals surface area contributed by atoms with Crippen LogP contribution in [0.25, 0.3) is 0 Å².